The Morgan fingerprint density at radius 2 is 0.722 bits per heavy atom. The average Bonchev–Trinajstić information content (AvgIpc) is 3.24. The highest BCUT2D eigenvalue weighted by Gasteiger charge is 2.18. The zero-order valence-corrected chi connectivity index (χ0v) is 29.9. The maximum absolute atomic E-state index is 5.58. The normalized spacial score (nSPS) is 11.5. The maximum Gasteiger partial charge on any atom is 0.112 e. The molecule has 4 N–H and O–H groups in total. The van der Waals surface area contributed by atoms with Gasteiger partial charge >= 0.3 is 0 Å². The van der Waals surface area contributed by atoms with Crippen LogP contribution in [-0.2, 0) is 22.7 Å². The molecule has 0 saturated carbocycles. The number of hydrogen-bond donors (Lipinski definition) is 2. The van der Waals surface area contributed by atoms with Gasteiger partial charge in [-0.1, -0.05) is 146 Å². The quantitative estimate of drug-likeness (QED) is 0.104. The summed E-state index contributed by atoms with van der Waals surface area (Å²) in [7, 11) is 0. The molecule has 8 aromatic rings. The van der Waals surface area contributed by atoms with Crippen LogP contribution < -0.4 is 11.5 Å². The Labute approximate surface area is 316 Å². The molecule has 0 spiro atoms. The van der Waals surface area contributed by atoms with Crippen LogP contribution in [-0.4, -0.2) is 0 Å². The Kier molecular flexibility index (Phi) is 9.90. The predicted octanol–water partition coefficient (Wildman–Crippen LogP) is 12.2. The van der Waals surface area contributed by atoms with Crippen molar-refractivity contribution in [1.82, 2.24) is 0 Å². The van der Waals surface area contributed by atoms with Crippen LogP contribution in [0, 0.1) is 0 Å². The molecule has 54 heavy (non-hydrogen) atoms. The lowest BCUT2D eigenvalue weighted by atomic mass is 9.84. The largest absolute Gasteiger partial charge is 0.495 e. The highest BCUT2D eigenvalue weighted by Crippen LogP contribution is 2.45. The maximum atomic E-state index is 5.58. The summed E-state index contributed by atoms with van der Waals surface area (Å²) in [5.41, 5.74) is 24.8. The highest BCUT2D eigenvalue weighted by molar-refractivity contribution is 6.22. The van der Waals surface area contributed by atoms with Crippen LogP contribution in [0.15, 0.2) is 195 Å². The number of rotatable bonds is 11. The molecule has 0 bridgehead atoms. The average molecular weight is 701 g/mol. The van der Waals surface area contributed by atoms with Crippen molar-refractivity contribution in [2.45, 2.75) is 13.2 Å². The standard InChI is InChI=1S/C50H40N2O2/c51-25-27-53-33-35-15-19-39(20-16-35)49-45-13-7-8-14-46(45)50(40-21-17-36(18-22-40)34-54-28-26-52)48-32-41(23-24-47(48)49)44-30-42(37-9-3-1-4-10-37)29-43(31-44)38-11-5-2-6-12-38/h1-32H,33-34,51-52H2/b27-25-,28-26-. The Morgan fingerprint density at radius 3 is 1.19 bits per heavy atom. The van der Waals surface area contributed by atoms with Gasteiger partial charge in [0.1, 0.15) is 13.2 Å². The molecule has 0 atom stereocenters. The van der Waals surface area contributed by atoms with E-state index in [0.717, 1.165) is 33.4 Å². The zero-order valence-electron chi connectivity index (χ0n) is 29.9. The van der Waals surface area contributed by atoms with E-state index in [2.05, 4.69) is 170 Å². The van der Waals surface area contributed by atoms with Crippen LogP contribution in [0.1, 0.15) is 11.1 Å². The molecular formula is C50H40N2O2. The smallest absolute Gasteiger partial charge is 0.112 e. The fourth-order valence-corrected chi connectivity index (χ4v) is 7.30. The van der Waals surface area contributed by atoms with E-state index < -0.39 is 0 Å². The molecular weight excluding hydrogens is 661 g/mol. The van der Waals surface area contributed by atoms with E-state index in [1.807, 2.05) is 0 Å². The van der Waals surface area contributed by atoms with Gasteiger partial charge in [0.25, 0.3) is 0 Å². The number of nitrogens with two attached hydrogens (primary N) is 2. The van der Waals surface area contributed by atoms with Gasteiger partial charge in [0.05, 0.1) is 12.5 Å². The van der Waals surface area contributed by atoms with Crippen LogP contribution in [0.2, 0.25) is 0 Å². The van der Waals surface area contributed by atoms with Gasteiger partial charge in [0.2, 0.25) is 0 Å². The summed E-state index contributed by atoms with van der Waals surface area (Å²) in [6, 6.07) is 61.2. The third-order valence-electron chi connectivity index (χ3n) is 9.84. The fraction of sp³-hybridized carbons (Fsp3) is 0.0400. The molecule has 4 nitrogen and oxygen atoms in total. The molecule has 4 heteroatoms. The third-order valence-corrected chi connectivity index (χ3v) is 9.84. The van der Waals surface area contributed by atoms with Gasteiger partial charge in [-0.15, -0.1) is 0 Å². The van der Waals surface area contributed by atoms with Crippen molar-refractivity contribution in [2.75, 3.05) is 0 Å². The molecule has 0 fully saturated rings. The minimum absolute atomic E-state index is 0.448. The van der Waals surface area contributed by atoms with Gasteiger partial charge in [-0.3, -0.25) is 0 Å². The molecule has 0 aromatic heterocycles. The summed E-state index contributed by atoms with van der Waals surface area (Å²) in [5.74, 6) is 0. The Bertz CT molecular complexity index is 2540. The Balaban J connectivity index is 1.36. The second-order valence-electron chi connectivity index (χ2n) is 13.3. The van der Waals surface area contributed by atoms with Crippen molar-refractivity contribution in [1.29, 1.82) is 0 Å². The molecule has 0 amide bonds. The molecule has 0 heterocycles. The van der Waals surface area contributed by atoms with Crippen LogP contribution in [0.4, 0.5) is 0 Å². The van der Waals surface area contributed by atoms with Gasteiger partial charge in [0.15, 0.2) is 0 Å². The summed E-state index contributed by atoms with van der Waals surface area (Å²) >= 11 is 0. The molecule has 8 aromatic carbocycles. The van der Waals surface area contributed by atoms with Crippen LogP contribution >= 0.6 is 0 Å². The first kappa shape index (κ1) is 34.1. The molecule has 0 aliphatic rings. The number of hydrogen-bond acceptors (Lipinski definition) is 4. The monoisotopic (exact) mass is 700 g/mol. The first-order valence-electron chi connectivity index (χ1n) is 18.1. The second kappa shape index (κ2) is 15.7. The SMILES string of the molecule is N/C=C\OCc1ccc(-c2c3ccccc3c(-c3ccc(CO/C=C\N)cc3)c3cc(-c4cc(-c5ccccc5)cc(-c5ccccc5)c4)ccc23)cc1. The molecule has 0 aliphatic heterocycles. The van der Waals surface area contributed by atoms with Crippen molar-refractivity contribution in [3.8, 4) is 55.6 Å². The molecule has 0 radical (unpaired) electrons. The van der Waals surface area contributed by atoms with Gasteiger partial charge in [0, 0.05) is 12.4 Å². The second-order valence-corrected chi connectivity index (χ2v) is 13.3. The van der Waals surface area contributed by atoms with Crippen molar-refractivity contribution >= 4 is 21.5 Å². The Morgan fingerprint density at radius 1 is 0.333 bits per heavy atom. The minimum atomic E-state index is 0.448. The Hall–Kier alpha value is -7.04. The first-order chi connectivity index (χ1) is 26.7. The van der Waals surface area contributed by atoms with Crippen LogP contribution in [0.25, 0.3) is 77.2 Å². The number of ether oxygens (including phenoxy) is 2. The molecule has 0 aliphatic carbocycles. The lowest BCUT2D eigenvalue weighted by molar-refractivity contribution is 0.235. The van der Waals surface area contributed by atoms with E-state index in [1.165, 1.54) is 79.8 Å². The minimum Gasteiger partial charge on any atom is -0.495 e. The van der Waals surface area contributed by atoms with Crippen molar-refractivity contribution in [3.05, 3.63) is 206 Å². The summed E-state index contributed by atoms with van der Waals surface area (Å²) in [6.45, 7) is 0.901. The predicted molar refractivity (Wildman–Crippen MR) is 225 cm³/mol. The molecule has 0 unspecified atom stereocenters. The topological polar surface area (TPSA) is 70.5 Å². The van der Waals surface area contributed by atoms with Crippen LogP contribution in [0.5, 0.6) is 0 Å². The molecule has 0 saturated heterocycles. The lowest BCUT2D eigenvalue weighted by Gasteiger charge is -2.19. The fourth-order valence-electron chi connectivity index (χ4n) is 7.30. The van der Waals surface area contributed by atoms with Gasteiger partial charge in [-0.05, 0) is 113 Å². The van der Waals surface area contributed by atoms with E-state index in [4.69, 9.17) is 20.9 Å². The number of fused-ring (bicyclic) bond motifs is 2. The van der Waals surface area contributed by atoms with Crippen molar-refractivity contribution in [2.24, 2.45) is 11.5 Å². The summed E-state index contributed by atoms with van der Waals surface area (Å²) in [4.78, 5) is 0. The van der Waals surface area contributed by atoms with Crippen LogP contribution in [0.3, 0.4) is 0 Å². The van der Waals surface area contributed by atoms with Gasteiger partial charge in [-0.2, -0.15) is 0 Å². The van der Waals surface area contributed by atoms with E-state index in [0.29, 0.717) is 13.2 Å². The number of benzene rings is 8. The van der Waals surface area contributed by atoms with Gasteiger partial charge < -0.3 is 20.9 Å². The zero-order chi connectivity index (χ0) is 36.7. The lowest BCUT2D eigenvalue weighted by Crippen LogP contribution is -1.94. The van der Waals surface area contributed by atoms with E-state index in [-0.39, 0.29) is 0 Å². The molecule has 262 valence electrons. The molecule has 8 rings (SSSR count). The highest BCUT2D eigenvalue weighted by atomic mass is 16.5. The summed E-state index contributed by atoms with van der Waals surface area (Å²) in [6.07, 6.45) is 5.84. The van der Waals surface area contributed by atoms with E-state index >= 15 is 0 Å². The summed E-state index contributed by atoms with van der Waals surface area (Å²) in [5, 5.41) is 4.75. The van der Waals surface area contributed by atoms with Gasteiger partial charge in [-0.25, -0.2) is 0 Å². The van der Waals surface area contributed by atoms with Crippen molar-refractivity contribution in [3.63, 3.8) is 0 Å². The van der Waals surface area contributed by atoms with E-state index in [1.54, 1.807) is 0 Å². The third kappa shape index (κ3) is 7.06. The van der Waals surface area contributed by atoms with Crippen molar-refractivity contribution < 1.29 is 9.47 Å². The summed E-state index contributed by atoms with van der Waals surface area (Å²) < 4.78 is 11.1. The first-order valence-corrected chi connectivity index (χ1v) is 18.1. The van der Waals surface area contributed by atoms with E-state index in [9.17, 15) is 0 Å².